The summed E-state index contributed by atoms with van der Waals surface area (Å²) in [6.45, 7) is 4.17. The van der Waals surface area contributed by atoms with Crippen molar-refractivity contribution < 1.29 is 9.53 Å². The molecule has 0 unspecified atom stereocenters. The van der Waals surface area contributed by atoms with Crippen molar-refractivity contribution in [3.63, 3.8) is 0 Å². The van der Waals surface area contributed by atoms with Gasteiger partial charge in [-0.2, -0.15) is 10.4 Å². The molecule has 6 nitrogen and oxygen atoms in total. The van der Waals surface area contributed by atoms with Gasteiger partial charge in [-0.25, -0.2) is 4.68 Å². The predicted molar refractivity (Wildman–Crippen MR) is 142 cm³/mol. The van der Waals surface area contributed by atoms with Crippen LogP contribution in [0.15, 0.2) is 103 Å². The fraction of sp³-hybridized carbons (Fsp3) is 0.0690. The highest BCUT2D eigenvalue weighted by molar-refractivity contribution is 6.31. The fourth-order valence-electron chi connectivity index (χ4n) is 3.50. The van der Waals surface area contributed by atoms with Crippen LogP contribution in [0, 0.1) is 11.3 Å². The van der Waals surface area contributed by atoms with Crippen molar-refractivity contribution in [2.75, 3.05) is 6.54 Å². The molecule has 1 amide bonds. The van der Waals surface area contributed by atoms with Crippen molar-refractivity contribution in [2.45, 2.75) is 6.61 Å². The molecule has 178 valence electrons. The van der Waals surface area contributed by atoms with Crippen LogP contribution < -0.4 is 10.1 Å². The Hall–Kier alpha value is -4.60. The van der Waals surface area contributed by atoms with Gasteiger partial charge in [-0.15, -0.1) is 6.58 Å². The van der Waals surface area contributed by atoms with Gasteiger partial charge >= 0.3 is 0 Å². The highest BCUT2D eigenvalue weighted by Crippen LogP contribution is 2.29. The number of nitrogens with zero attached hydrogens (tertiary/aromatic N) is 3. The highest BCUT2D eigenvalue weighted by Gasteiger charge is 2.15. The average Bonchev–Trinajstić information content (AvgIpc) is 3.34. The number of nitrogens with one attached hydrogen (secondary N) is 1. The van der Waals surface area contributed by atoms with Crippen LogP contribution in [0.2, 0.25) is 5.02 Å². The molecule has 36 heavy (non-hydrogen) atoms. The zero-order valence-corrected chi connectivity index (χ0v) is 20.2. The van der Waals surface area contributed by atoms with Crippen LogP contribution in [0.25, 0.3) is 23.0 Å². The molecule has 1 aromatic heterocycles. The molecule has 0 spiro atoms. The molecule has 7 heteroatoms. The Balaban J connectivity index is 1.71. The van der Waals surface area contributed by atoms with Crippen molar-refractivity contribution in [1.82, 2.24) is 15.1 Å². The zero-order valence-electron chi connectivity index (χ0n) is 19.4. The number of carbonyl (C=O) groups excluding carboxylic acids is 1. The van der Waals surface area contributed by atoms with E-state index in [0.29, 0.717) is 28.6 Å². The van der Waals surface area contributed by atoms with Gasteiger partial charge in [0.05, 0.1) is 5.69 Å². The molecule has 0 saturated carbocycles. The number of amides is 1. The summed E-state index contributed by atoms with van der Waals surface area (Å²) in [5.74, 6) is 0.161. The third kappa shape index (κ3) is 5.90. The molecular weight excluding hydrogens is 472 g/mol. The number of benzene rings is 3. The average molecular weight is 495 g/mol. The number of hydrogen-bond acceptors (Lipinski definition) is 4. The smallest absolute Gasteiger partial charge is 0.262 e. The fourth-order valence-corrected chi connectivity index (χ4v) is 3.69. The lowest BCUT2D eigenvalue weighted by Gasteiger charge is -2.09. The molecule has 1 heterocycles. The minimum absolute atomic E-state index is 0.0307. The Kier molecular flexibility index (Phi) is 7.97. The van der Waals surface area contributed by atoms with Crippen molar-refractivity contribution >= 4 is 23.6 Å². The van der Waals surface area contributed by atoms with Crippen LogP contribution in [-0.2, 0) is 11.4 Å². The van der Waals surface area contributed by atoms with Gasteiger partial charge in [-0.1, -0.05) is 66.2 Å². The minimum Gasteiger partial charge on any atom is -0.489 e. The molecule has 0 atom stereocenters. The molecule has 0 aliphatic heterocycles. The van der Waals surface area contributed by atoms with Gasteiger partial charge in [0.15, 0.2) is 0 Å². The van der Waals surface area contributed by atoms with Crippen molar-refractivity contribution in [1.29, 1.82) is 5.26 Å². The molecule has 1 N–H and O–H groups in total. The number of aromatic nitrogens is 2. The molecule has 0 fully saturated rings. The number of hydrogen-bond donors (Lipinski definition) is 1. The number of rotatable bonds is 9. The quantitative estimate of drug-likeness (QED) is 0.176. The van der Waals surface area contributed by atoms with Gasteiger partial charge in [0.2, 0.25) is 0 Å². The van der Waals surface area contributed by atoms with Crippen LogP contribution >= 0.6 is 11.6 Å². The molecule has 4 aromatic rings. The van der Waals surface area contributed by atoms with Crippen LogP contribution in [0.3, 0.4) is 0 Å². The monoisotopic (exact) mass is 494 g/mol. The van der Waals surface area contributed by atoms with Gasteiger partial charge in [0.1, 0.15) is 29.7 Å². The van der Waals surface area contributed by atoms with E-state index in [4.69, 9.17) is 21.4 Å². The standard InChI is InChI=1S/C29H23ClN4O2/c1-2-15-32-29(35)23(18-31)16-24-19-34(25-11-4-3-5-12-25)33-28(24)21-10-8-13-26(17-21)36-20-22-9-6-7-14-27(22)30/h2-14,16-17,19H,1,15,20H2,(H,32,35)/b23-16-. The normalized spacial score (nSPS) is 10.9. The van der Waals surface area contributed by atoms with Crippen LogP contribution in [0.5, 0.6) is 5.75 Å². The summed E-state index contributed by atoms with van der Waals surface area (Å²) in [7, 11) is 0. The SMILES string of the molecule is C=CCNC(=O)/C(C#N)=C\c1cn(-c2ccccc2)nc1-c1cccc(OCc2ccccc2Cl)c1. The van der Waals surface area contributed by atoms with Gasteiger partial charge in [-0.05, 0) is 36.4 Å². The second-order valence-corrected chi connectivity index (χ2v) is 8.20. The van der Waals surface area contributed by atoms with Crippen LogP contribution in [-0.4, -0.2) is 22.2 Å². The molecule has 0 radical (unpaired) electrons. The van der Waals surface area contributed by atoms with E-state index < -0.39 is 5.91 Å². The largest absolute Gasteiger partial charge is 0.489 e. The summed E-state index contributed by atoms with van der Waals surface area (Å²) in [6.07, 6.45) is 4.89. The minimum atomic E-state index is -0.479. The second kappa shape index (κ2) is 11.7. The van der Waals surface area contributed by atoms with E-state index in [9.17, 15) is 10.1 Å². The van der Waals surface area contributed by atoms with Gasteiger partial charge in [0, 0.05) is 34.5 Å². The lowest BCUT2D eigenvalue weighted by atomic mass is 10.1. The Morgan fingerprint density at radius 3 is 2.64 bits per heavy atom. The maximum absolute atomic E-state index is 12.5. The Bertz CT molecular complexity index is 1450. The van der Waals surface area contributed by atoms with Crippen LogP contribution in [0.4, 0.5) is 0 Å². The maximum Gasteiger partial charge on any atom is 0.262 e. The van der Waals surface area contributed by atoms with Gasteiger partial charge in [-0.3, -0.25) is 4.79 Å². The first kappa shape index (κ1) is 24.5. The Labute approximate surface area is 214 Å². The highest BCUT2D eigenvalue weighted by atomic mass is 35.5. The molecule has 0 saturated heterocycles. The number of ether oxygens (including phenoxy) is 1. The summed E-state index contributed by atoms with van der Waals surface area (Å²) >= 11 is 6.26. The van der Waals surface area contributed by atoms with E-state index in [1.54, 1.807) is 17.0 Å². The first-order valence-corrected chi connectivity index (χ1v) is 11.6. The summed E-state index contributed by atoms with van der Waals surface area (Å²) in [5, 5.41) is 17.7. The van der Waals surface area contributed by atoms with E-state index in [0.717, 1.165) is 16.8 Å². The van der Waals surface area contributed by atoms with Crippen molar-refractivity contribution in [2.24, 2.45) is 0 Å². The van der Waals surface area contributed by atoms with Gasteiger partial charge in [0.25, 0.3) is 5.91 Å². The molecule has 0 bridgehead atoms. The van der Waals surface area contributed by atoms with Crippen molar-refractivity contribution in [3.8, 4) is 28.8 Å². The van der Waals surface area contributed by atoms with E-state index in [2.05, 4.69) is 11.9 Å². The van der Waals surface area contributed by atoms with E-state index in [-0.39, 0.29) is 12.1 Å². The predicted octanol–water partition coefficient (Wildman–Crippen LogP) is 5.98. The number of carbonyl (C=O) groups is 1. The molecular formula is C29H23ClN4O2. The van der Waals surface area contributed by atoms with E-state index in [1.165, 1.54) is 6.08 Å². The summed E-state index contributed by atoms with van der Waals surface area (Å²) in [6, 6.07) is 26.6. The Morgan fingerprint density at radius 2 is 1.89 bits per heavy atom. The first-order chi connectivity index (χ1) is 17.6. The third-order valence-corrected chi connectivity index (χ3v) is 5.66. The van der Waals surface area contributed by atoms with E-state index in [1.807, 2.05) is 84.9 Å². The van der Waals surface area contributed by atoms with Crippen LogP contribution in [0.1, 0.15) is 11.1 Å². The lowest BCUT2D eigenvalue weighted by molar-refractivity contribution is -0.116. The number of halogens is 1. The lowest BCUT2D eigenvalue weighted by Crippen LogP contribution is -2.24. The number of para-hydroxylation sites is 1. The topological polar surface area (TPSA) is 79.9 Å². The van der Waals surface area contributed by atoms with E-state index >= 15 is 0 Å². The maximum atomic E-state index is 12.5. The van der Waals surface area contributed by atoms with Gasteiger partial charge < -0.3 is 10.1 Å². The molecule has 4 rings (SSSR count). The molecule has 0 aliphatic rings. The number of nitriles is 1. The summed E-state index contributed by atoms with van der Waals surface area (Å²) in [4.78, 5) is 12.5. The second-order valence-electron chi connectivity index (χ2n) is 7.79. The molecule has 0 aliphatic carbocycles. The third-order valence-electron chi connectivity index (χ3n) is 5.29. The Morgan fingerprint density at radius 1 is 1.11 bits per heavy atom. The van der Waals surface area contributed by atoms with Crippen molar-refractivity contribution in [3.05, 3.63) is 119 Å². The summed E-state index contributed by atoms with van der Waals surface area (Å²) in [5.41, 5.74) is 3.69. The first-order valence-electron chi connectivity index (χ1n) is 11.2. The molecule has 3 aromatic carbocycles. The summed E-state index contributed by atoms with van der Waals surface area (Å²) < 4.78 is 7.71. The zero-order chi connectivity index (χ0) is 25.3.